The molecule has 1 aliphatic heterocycles. The van der Waals surface area contributed by atoms with Gasteiger partial charge < -0.3 is 129 Å². The number of nitrogens with zero attached hydrogens (tertiary/aromatic N) is 1. The number of hydrogen-bond acceptors (Lipinski definition) is 24. The van der Waals surface area contributed by atoms with E-state index in [0.29, 0.717) is 0 Å². The maximum absolute atomic E-state index is 10.7. The summed E-state index contributed by atoms with van der Waals surface area (Å²) in [6.07, 6.45) is 11.2. The first-order valence-corrected chi connectivity index (χ1v) is 27.7. The molecule has 90 heavy (non-hydrogen) atoms. The lowest BCUT2D eigenvalue weighted by Gasteiger charge is -2.24. The molecule has 0 atom stereocenters. The number of aliphatic hydroxyl groups excluding tert-OH is 1. The van der Waals surface area contributed by atoms with E-state index in [1.807, 2.05) is 85.6 Å². The molecule has 25 heteroatoms. The van der Waals surface area contributed by atoms with Gasteiger partial charge in [0, 0.05) is 26.1 Å². The van der Waals surface area contributed by atoms with Gasteiger partial charge >= 0.3 is 0 Å². The zero-order valence-electron chi connectivity index (χ0n) is 65.2. The Labute approximate surface area is 561 Å². The highest BCUT2D eigenvalue weighted by molar-refractivity contribution is 5.73. The second-order valence-electron chi connectivity index (χ2n) is 18.0. The minimum Gasteiger partial charge on any atom is -0.394 e. The molecule has 570 valence electrons. The number of carbonyl (C=O) groups excluding carboxylic acids is 12. The third kappa shape index (κ3) is 778. The first kappa shape index (κ1) is 198. The van der Waals surface area contributed by atoms with Crippen LogP contribution in [0.3, 0.4) is 0 Å². The summed E-state index contributed by atoms with van der Waals surface area (Å²) < 4.78 is 0. The van der Waals surface area contributed by atoms with Crippen molar-refractivity contribution in [1.82, 2.24) is 54.1 Å². The van der Waals surface area contributed by atoms with Crippen LogP contribution in [-0.4, -0.2) is 131 Å². The molecule has 0 aliphatic carbocycles. The topological polar surface area (TPSA) is 586 Å². The van der Waals surface area contributed by atoms with Crippen LogP contribution in [0.15, 0.2) is 30.3 Å². The molecule has 1 amide bonds. The average molecular weight is 1330 g/mol. The van der Waals surface area contributed by atoms with E-state index in [1.54, 1.807) is 20.8 Å². The predicted octanol–water partition coefficient (Wildman–Crippen LogP) is 15.2. The summed E-state index contributed by atoms with van der Waals surface area (Å²) in [4.78, 5) is 101. The Bertz CT molecular complexity index is 855. The van der Waals surface area contributed by atoms with Crippen LogP contribution in [0.5, 0.6) is 0 Å². The van der Waals surface area contributed by atoms with Gasteiger partial charge in [-0.3, -0.25) is 4.79 Å². The Morgan fingerprint density at radius 1 is 0.356 bits per heavy atom. The highest BCUT2D eigenvalue weighted by Gasteiger charge is 2.11. The molecule has 0 spiro atoms. The van der Waals surface area contributed by atoms with E-state index < -0.39 is 0 Å². The van der Waals surface area contributed by atoms with Crippen molar-refractivity contribution >= 4 is 80.6 Å². The first-order valence-electron chi connectivity index (χ1n) is 27.7. The van der Waals surface area contributed by atoms with E-state index in [1.165, 1.54) is 78.1 Å². The highest BCUT2D eigenvalue weighted by atomic mass is 16.3. The van der Waals surface area contributed by atoms with Gasteiger partial charge in [0.25, 0.3) is 0 Å². The van der Waals surface area contributed by atoms with Crippen LogP contribution in [0.1, 0.15) is 230 Å². The number of hydrogen-bond donors (Lipinski definition) is 12. The third-order valence-electron chi connectivity index (χ3n) is 7.13. The van der Waals surface area contributed by atoms with Crippen LogP contribution in [0, 0.1) is 41.4 Å². The molecule has 0 radical (unpaired) electrons. The summed E-state index contributed by atoms with van der Waals surface area (Å²) in [5, 5.41) is 8.06. The maximum atomic E-state index is 10.7. The fourth-order valence-corrected chi connectivity index (χ4v) is 1.92. The standard InChI is InChI=1S/C8H10.C7H13NO.5C5H12.2C4H10.C3H8O.3CH5N.11CH2O.8H3N/c1-2-8-6-4-3-5-7-8;1-7(9)8-5-3-2-4-6-8;5*1-4-5(2)3;2*1-4(2)3;1-3(2)4;14*1-2;;;;;;;;/h3-7H,2H2,1H3;2-6H2,1H3;5*5H,4H2,1-3H3;2*4H,1-3H3;3-4H,1-2H3;3*2H2,1H3;11*1H2;8*1H3. The number of amides is 1. The Balaban J connectivity index is -0.0000000152. The average Bonchev–Trinajstić information content (AvgIpc) is 3.53. The fraction of sp³-hybridized carbons (Fsp3) is 0.723. The number of nitrogens with two attached hydrogens (primary N) is 3. The van der Waals surface area contributed by atoms with Crippen LogP contribution in [-0.2, 0) is 64.0 Å². The Kier molecular flexibility index (Phi) is 661. The van der Waals surface area contributed by atoms with E-state index >= 15 is 0 Å². The van der Waals surface area contributed by atoms with Crippen molar-refractivity contribution in [2.24, 2.45) is 58.6 Å². The van der Waals surface area contributed by atoms with Gasteiger partial charge in [-0.05, 0) is 108 Å². The monoisotopic (exact) mass is 1330 g/mol. The Morgan fingerprint density at radius 3 is 0.544 bits per heavy atom. The van der Waals surface area contributed by atoms with Gasteiger partial charge in [0.2, 0.25) is 5.91 Å². The van der Waals surface area contributed by atoms with Crippen molar-refractivity contribution in [3.05, 3.63) is 35.9 Å². The molecule has 0 saturated carbocycles. The number of piperidine rings is 1. The largest absolute Gasteiger partial charge is 0.394 e. The number of aryl methyl sites for hydroxylation is 1. The van der Waals surface area contributed by atoms with E-state index in [0.717, 1.165) is 60.9 Å². The minimum absolute atomic E-state index is 0. The summed E-state index contributed by atoms with van der Waals surface area (Å²) in [6.45, 7) is 77.4. The number of carbonyl (C=O) groups is 12. The Morgan fingerprint density at radius 2 is 0.478 bits per heavy atom. The molecule has 31 N–H and O–H groups in total. The number of aliphatic hydroxyl groups is 1. The van der Waals surface area contributed by atoms with E-state index in [9.17, 15) is 4.79 Å². The number of likely N-dealkylation sites (tertiary alicyclic amines) is 1. The third-order valence-corrected chi connectivity index (χ3v) is 7.13. The zero-order chi connectivity index (χ0) is 72.7. The van der Waals surface area contributed by atoms with E-state index in [4.69, 9.17) is 57.8 Å². The lowest BCUT2D eigenvalue weighted by atomic mass is 10.1. The lowest BCUT2D eigenvalue weighted by Crippen LogP contribution is -2.33. The maximum Gasteiger partial charge on any atom is 0.219 e. The van der Waals surface area contributed by atoms with Gasteiger partial charge in [0.05, 0.1) is 0 Å². The lowest BCUT2D eigenvalue weighted by molar-refractivity contribution is -0.129. The molecule has 0 unspecified atom stereocenters. The molecule has 2 rings (SSSR count). The number of benzene rings is 1. The van der Waals surface area contributed by atoms with Crippen molar-refractivity contribution in [1.29, 1.82) is 0 Å². The van der Waals surface area contributed by atoms with E-state index in [2.05, 4.69) is 194 Å². The van der Waals surface area contributed by atoms with Gasteiger partial charge in [0.1, 0.15) is 74.7 Å². The molecule has 0 bridgehead atoms. The van der Waals surface area contributed by atoms with Crippen LogP contribution < -0.4 is 66.4 Å². The van der Waals surface area contributed by atoms with Crippen LogP contribution >= 0.6 is 0 Å². The quantitative estimate of drug-likeness (QED) is 0.126. The first-order chi connectivity index (χ1) is 38.8. The molecule has 1 aromatic rings. The second-order valence-corrected chi connectivity index (χ2v) is 18.0. The predicted molar refractivity (Wildman–Crippen MR) is 405 cm³/mol. The second kappa shape index (κ2) is 300. The summed E-state index contributed by atoms with van der Waals surface area (Å²) in [7, 11) is 4.50. The van der Waals surface area contributed by atoms with Crippen LogP contribution in [0.25, 0.3) is 0 Å². The molecular weight excluding hydrogens is 1160 g/mol. The molecule has 25 nitrogen and oxygen atoms in total. The molecule has 1 saturated heterocycles. The molecule has 0 aromatic heterocycles. The van der Waals surface area contributed by atoms with Gasteiger partial charge in [0.15, 0.2) is 0 Å². The Hall–Kier alpha value is -5.42. The zero-order valence-corrected chi connectivity index (χ0v) is 65.2. The van der Waals surface area contributed by atoms with Crippen molar-refractivity contribution in [2.75, 3.05) is 34.2 Å². The van der Waals surface area contributed by atoms with Crippen molar-refractivity contribution < 1.29 is 62.6 Å². The van der Waals surface area contributed by atoms with Crippen LogP contribution in [0.2, 0.25) is 0 Å². The highest BCUT2D eigenvalue weighted by Crippen LogP contribution is 2.07. The molecule has 1 aromatic carbocycles. The molecule has 1 fully saturated rings. The smallest absolute Gasteiger partial charge is 0.219 e. The summed E-state index contributed by atoms with van der Waals surface area (Å²) in [6, 6.07) is 10.5. The van der Waals surface area contributed by atoms with Gasteiger partial charge in [-0.15, -0.1) is 0 Å². The fourth-order valence-electron chi connectivity index (χ4n) is 1.92. The van der Waals surface area contributed by atoms with Crippen LogP contribution in [0.4, 0.5) is 0 Å². The molecule has 1 aliphatic rings. The minimum atomic E-state index is -0.167. The van der Waals surface area contributed by atoms with Gasteiger partial charge in [-0.1, -0.05) is 215 Å². The van der Waals surface area contributed by atoms with Crippen molar-refractivity contribution in [2.45, 2.75) is 237 Å². The number of rotatable bonds is 6. The molecule has 1 heterocycles. The SMILES string of the molecule is C=O.C=O.C=O.C=O.C=O.C=O.C=O.C=O.C=O.C=O.C=O.CC(=O)N1CCCCC1.CC(C)C.CC(C)C.CC(C)O.CCC(C)C.CCC(C)C.CCC(C)C.CCC(C)C.CCC(C)C.CCc1ccccc1.CN.CN.CN.N.N.N.N.N.N.N.N. The molecular formula is C65H172N12O13. The summed E-state index contributed by atoms with van der Waals surface area (Å²) in [5.41, 5.74) is 14.9. The van der Waals surface area contributed by atoms with Crippen molar-refractivity contribution in [3.8, 4) is 0 Å². The normalized spacial score (nSPS) is 7.36. The van der Waals surface area contributed by atoms with Gasteiger partial charge in [-0.25, -0.2) is 0 Å². The summed E-state index contributed by atoms with van der Waals surface area (Å²) in [5.74, 6) is 6.32. The van der Waals surface area contributed by atoms with Crippen molar-refractivity contribution in [3.63, 3.8) is 0 Å². The summed E-state index contributed by atoms with van der Waals surface area (Å²) >= 11 is 0. The van der Waals surface area contributed by atoms with E-state index in [-0.39, 0.29) is 61.2 Å². The van der Waals surface area contributed by atoms with Gasteiger partial charge in [-0.2, -0.15) is 0 Å².